The lowest BCUT2D eigenvalue weighted by molar-refractivity contribution is 0.878. The second-order valence-corrected chi connectivity index (χ2v) is 6.07. The summed E-state index contributed by atoms with van der Waals surface area (Å²) in [6.45, 7) is 6.20. The summed E-state index contributed by atoms with van der Waals surface area (Å²) in [5, 5.41) is 0. The van der Waals surface area contributed by atoms with Crippen molar-refractivity contribution in [1.82, 2.24) is 0 Å². The Morgan fingerprint density at radius 1 is 1.00 bits per heavy atom. The summed E-state index contributed by atoms with van der Waals surface area (Å²) in [6.07, 6.45) is 0. The number of nitrogens with zero attached hydrogens (tertiary/aromatic N) is 1. The van der Waals surface area contributed by atoms with E-state index in [1.54, 1.807) is 0 Å². The molecular weight excluding hydrogens is 300 g/mol. The van der Waals surface area contributed by atoms with Crippen LogP contribution in [0.2, 0.25) is 0 Å². The Morgan fingerprint density at radius 2 is 1.63 bits per heavy atom. The van der Waals surface area contributed by atoms with Crippen LogP contribution in [0.5, 0.6) is 0 Å². The van der Waals surface area contributed by atoms with E-state index in [1.807, 2.05) is 6.07 Å². The third-order valence-electron chi connectivity index (χ3n) is 3.74. The first-order valence-corrected chi connectivity index (χ1v) is 7.23. The topological polar surface area (TPSA) is 29.3 Å². The number of nitrogen functional groups attached to an aromatic ring is 1. The number of hydrogen-bond donors (Lipinski definition) is 1. The lowest BCUT2D eigenvalue weighted by atomic mass is 10.1. The third kappa shape index (κ3) is 2.23. The highest BCUT2D eigenvalue weighted by Gasteiger charge is 2.20. The summed E-state index contributed by atoms with van der Waals surface area (Å²) in [4.78, 5) is 2.40. The van der Waals surface area contributed by atoms with E-state index < -0.39 is 0 Å². The zero-order chi connectivity index (χ0) is 13.6. The predicted octanol–water partition coefficient (Wildman–Crippen LogP) is 4.17. The molecule has 0 spiro atoms. The Bertz CT molecular complexity index is 626. The van der Waals surface area contributed by atoms with Crippen LogP contribution in [0.1, 0.15) is 22.3 Å². The summed E-state index contributed by atoms with van der Waals surface area (Å²) in [5.41, 5.74) is 13.3. The van der Waals surface area contributed by atoms with Gasteiger partial charge in [0.05, 0.1) is 0 Å². The molecule has 2 N–H and O–H groups in total. The molecular formula is C16H17BrN2. The van der Waals surface area contributed by atoms with Gasteiger partial charge in [-0.25, -0.2) is 0 Å². The van der Waals surface area contributed by atoms with Crippen LogP contribution in [-0.4, -0.2) is 0 Å². The minimum Gasteiger partial charge on any atom is -0.399 e. The van der Waals surface area contributed by atoms with Gasteiger partial charge in [0.1, 0.15) is 0 Å². The molecule has 0 amide bonds. The van der Waals surface area contributed by atoms with Crippen molar-refractivity contribution in [3.8, 4) is 0 Å². The maximum absolute atomic E-state index is 5.86. The van der Waals surface area contributed by atoms with Crippen molar-refractivity contribution in [2.75, 3.05) is 10.6 Å². The van der Waals surface area contributed by atoms with Crippen LogP contribution in [0.4, 0.5) is 11.4 Å². The van der Waals surface area contributed by atoms with Crippen LogP contribution in [-0.2, 0) is 13.1 Å². The van der Waals surface area contributed by atoms with Gasteiger partial charge in [0, 0.05) is 28.9 Å². The highest BCUT2D eigenvalue weighted by atomic mass is 79.9. The largest absolute Gasteiger partial charge is 0.399 e. The fourth-order valence-electron chi connectivity index (χ4n) is 2.70. The zero-order valence-corrected chi connectivity index (χ0v) is 12.8. The lowest BCUT2D eigenvalue weighted by Crippen LogP contribution is -2.14. The molecule has 1 aliphatic heterocycles. The number of rotatable bonds is 1. The number of nitrogens with two attached hydrogens (primary N) is 1. The Balaban J connectivity index is 1.95. The van der Waals surface area contributed by atoms with Crippen LogP contribution in [0, 0.1) is 13.8 Å². The van der Waals surface area contributed by atoms with Gasteiger partial charge in [-0.2, -0.15) is 0 Å². The number of hydrogen-bond acceptors (Lipinski definition) is 2. The van der Waals surface area contributed by atoms with Gasteiger partial charge in [-0.05, 0) is 60.4 Å². The van der Waals surface area contributed by atoms with E-state index >= 15 is 0 Å². The molecule has 3 heteroatoms. The van der Waals surface area contributed by atoms with Crippen LogP contribution in [0.15, 0.2) is 34.8 Å². The molecule has 2 aromatic carbocycles. The van der Waals surface area contributed by atoms with E-state index in [4.69, 9.17) is 5.73 Å². The molecule has 0 atom stereocenters. The van der Waals surface area contributed by atoms with E-state index in [0.717, 1.165) is 18.8 Å². The maximum Gasteiger partial charge on any atom is 0.0437 e. The van der Waals surface area contributed by atoms with Gasteiger partial charge >= 0.3 is 0 Å². The third-order valence-corrected chi connectivity index (χ3v) is 4.99. The van der Waals surface area contributed by atoms with Gasteiger partial charge in [-0.3, -0.25) is 0 Å². The maximum atomic E-state index is 5.86. The Hall–Kier alpha value is -1.48. The molecule has 0 saturated carbocycles. The second-order valence-electron chi connectivity index (χ2n) is 5.28. The summed E-state index contributed by atoms with van der Waals surface area (Å²) < 4.78 is 1.21. The quantitative estimate of drug-likeness (QED) is 0.800. The molecule has 0 aromatic heterocycles. The van der Waals surface area contributed by atoms with Crippen LogP contribution < -0.4 is 10.6 Å². The summed E-state index contributed by atoms with van der Waals surface area (Å²) in [5.74, 6) is 0. The first-order valence-electron chi connectivity index (χ1n) is 6.43. The van der Waals surface area contributed by atoms with E-state index in [9.17, 15) is 0 Å². The summed E-state index contributed by atoms with van der Waals surface area (Å²) in [6, 6.07) is 10.7. The van der Waals surface area contributed by atoms with Crippen molar-refractivity contribution in [3.63, 3.8) is 0 Å². The fourth-order valence-corrected chi connectivity index (χ4v) is 2.93. The van der Waals surface area contributed by atoms with Crippen LogP contribution in [0.3, 0.4) is 0 Å². The molecule has 0 aliphatic carbocycles. The van der Waals surface area contributed by atoms with Crippen LogP contribution >= 0.6 is 15.9 Å². The zero-order valence-electron chi connectivity index (χ0n) is 11.2. The van der Waals surface area contributed by atoms with Gasteiger partial charge < -0.3 is 10.6 Å². The monoisotopic (exact) mass is 316 g/mol. The first kappa shape index (κ1) is 12.5. The molecule has 3 rings (SSSR count). The predicted molar refractivity (Wildman–Crippen MR) is 84.4 cm³/mol. The molecule has 1 heterocycles. The molecule has 0 fully saturated rings. The Kier molecular flexibility index (Phi) is 3.02. The number of benzene rings is 2. The average Bonchev–Trinajstić information content (AvgIpc) is 2.78. The van der Waals surface area contributed by atoms with Crippen molar-refractivity contribution >= 4 is 27.3 Å². The summed E-state index contributed by atoms with van der Waals surface area (Å²) in [7, 11) is 0. The molecule has 2 aromatic rings. The fraction of sp³-hybridized carbons (Fsp3) is 0.250. The smallest absolute Gasteiger partial charge is 0.0437 e. The van der Waals surface area contributed by atoms with Gasteiger partial charge in [0.15, 0.2) is 0 Å². The number of aryl methyl sites for hydroxylation is 2. The van der Waals surface area contributed by atoms with Crippen LogP contribution in [0.25, 0.3) is 0 Å². The average molecular weight is 317 g/mol. The van der Waals surface area contributed by atoms with Crippen molar-refractivity contribution in [2.45, 2.75) is 26.9 Å². The van der Waals surface area contributed by atoms with Crippen molar-refractivity contribution in [3.05, 3.63) is 57.1 Å². The van der Waals surface area contributed by atoms with E-state index in [0.29, 0.717) is 0 Å². The number of anilines is 2. The molecule has 98 valence electrons. The number of fused-ring (bicyclic) bond motifs is 1. The van der Waals surface area contributed by atoms with E-state index in [1.165, 1.54) is 32.4 Å². The molecule has 0 radical (unpaired) electrons. The lowest BCUT2D eigenvalue weighted by Gasteiger charge is -2.20. The van der Waals surface area contributed by atoms with Gasteiger partial charge in [0.2, 0.25) is 0 Å². The molecule has 2 nitrogen and oxygen atoms in total. The minimum atomic E-state index is 0.851. The highest BCUT2D eigenvalue weighted by molar-refractivity contribution is 9.10. The van der Waals surface area contributed by atoms with Gasteiger partial charge in [-0.1, -0.05) is 22.0 Å². The normalized spacial score (nSPS) is 13.7. The van der Waals surface area contributed by atoms with Gasteiger partial charge in [-0.15, -0.1) is 0 Å². The molecule has 1 aliphatic rings. The Labute approximate surface area is 122 Å². The molecule has 0 bridgehead atoms. The minimum absolute atomic E-state index is 0.851. The second kappa shape index (κ2) is 4.57. The highest BCUT2D eigenvalue weighted by Crippen LogP contribution is 2.33. The van der Waals surface area contributed by atoms with Crippen molar-refractivity contribution in [1.29, 1.82) is 0 Å². The van der Waals surface area contributed by atoms with E-state index in [-0.39, 0.29) is 0 Å². The van der Waals surface area contributed by atoms with Gasteiger partial charge in [0.25, 0.3) is 0 Å². The molecule has 0 saturated heterocycles. The molecule has 19 heavy (non-hydrogen) atoms. The SMILES string of the molecule is Cc1cc(N2Cc3ccc(N)cc3C2)cc(C)c1Br. The van der Waals surface area contributed by atoms with Crippen molar-refractivity contribution < 1.29 is 0 Å². The first-order chi connectivity index (χ1) is 9.04. The molecule has 0 unspecified atom stereocenters. The summed E-state index contributed by atoms with van der Waals surface area (Å²) >= 11 is 3.62. The standard InChI is InChI=1S/C16H17BrN2/c1-10-5-15(6-11(2)16(10)17)19-8-12-3-4-14(18)7-13(12)9-19/h3-7H,8-9,18H2,1-2H3. The Morgan fingerprint density at radius 3 is 2.32 bits per heavy atom. The van der Waals surface area contributed by atoms with E-state index in [2.05, 4.69) is 58.9 Å². The number of halogens is 1. The van der Waals surface area contributed by atoms with Crippen molar-refractivity contribution in [2.24, 2.45) is 0 Å².